The first kappa shape index (κ1) is 20.7. The zero-order valence-electron chi connectivity index (χ0n) is 17.4. The largest absolute Gasteiger partial charge is 0.496 e. The van der Waals surface area contributed by atoms with Crippen LogP contribution in [0.2, 0.25) is 5.02 Å². The van der Waals surface area contributed by atoms with E-state index in [4.69, 9.17) is 20.8 Å². The first-order chi connectivity index (χ1) is 15.0. The van der Waals surface area contributed by atoms with E-state index in [1.54, 1.807) is 25.6 Å². The number of halogens is 1. The van der Waals surface area contributed by atoms with E-state index in [-0.39, 0.29) is 5.91 Å². The molecular weight excluding hydrogens is 412 g/mol. The van der Waals surface area contributed by atoms with Crippen LogP contribution in [0.25, 0.3) is 27.7 Å². The quantitative estimate of drug-likeness (QED) is 0.365. The van der Waals surface area contributed by atoms with Crippen molar-refractivity contribution in [2.45, 2.75) is 13.8 Å². The molecule has 2 heterocycles. The van der Waals surface area contributed by atoms with Gasteiger partial charge in [0.1, 0.15) is 17.2 Å². The van der Waals surface area contributed by atoms with Crippen LogP contribution in [0.5, 0.6) is 5.75 Å². The fraction of sp³-hybridized carbons (Fsp3) is 0.120. The molecule has 0 atom stereocenters. The van der Waals surface area contributed by atoms with Crippen molar-refractivity contribution in [3.8, 4) is 16.9 Å². The normalized spacial score (nSPS) is 11.5. The second-order valence-corrected chi connectivity index (χ2v) is 7.63. The highest BCUT2D eigenvalue weighted by Gasteiger charge is 2.15. The number of pyridine rings is 1. The molecule has 5 nitrogen and oxygen atoms in total. The highest BCUT2D eigenvalue weighted by Crippen LogP contribution is 2.37. The van der Waals surface area contributed by atoms with Gasteiger partial charge in [0.2, 0.25) is 5.91 Å². The number of aromatic nitrogens is 1. The Morgan fingerprint density at radius 3 is 2.68 bits per heavy atom. The van der Waals surface area contributed by atoms with Crippen LogP contribution in [-0.2, 0) is 4.79 Å². The van der Waals surface area contributed by atoms with E-state index in [1.165, 1.54) is 0 Å². The summed E-state index contributed by atoms with van der Waals surface area (Å²) in [6.45, 7) is 3.77. The smallest absolute Gasteiger partial charge is 0.249 e. The number of nitrogens with one attached hydrogen (secondary N) is 1. The molecule has 0 spiro atoms. The van der Waals surface area contributed by atoms with Crippen molar-refractivity contribution >= 4 is 39.9 Å². The number of allylic oxidation sites excluding steroid dienone is 1. The standard InChI is InChI=1S/C25H21ClN2O3/c1-15-5-4-10-27-25(15)28-24(29)11-16(2)19-12-20-21(17-6-8-18(26)9-7-17)14-31-23(20)13-22(19)30-3/h4-14H,1-3H3,(H,27,28,29)/b16-11+. The minimum atomic E-state index is -0.258. The monoisotopic (exact) mass is 432 g/mol. The van der Waals surface area contributed by atoms with Crippen LogP contribution in [0, 0.1) is 6.92 Å². The molecule has 0 bridgehead atoms. The molecule has 2 aromatic carbocycles. The van der Waals surface area contributed by atoms with Crippen molar-refractivity contribution in [1.29, 1.82) is 0 Å². The van der Waals surface area contributed by atoms with Gasteiger partial charge < -0.3 is 14.5 Å². The third-order valence-corrected chi connectivity index (χ3v) is 5.33. The van der Waals surface area contributed by atoms with Crippen molar-refractivity contribution in [3.63, 3.8) is 0 Å². The molecule has 2 aromatic heterocycles. The van der Waals surface area contributed by atoms with Crippen LogP contribution in [0.4, 0.5) is 5.82 Å². The lowest BCUT2D eigenvalue weighted by Gasteiger charge is -2.10. The highest BCUT2D eigenvalue weighted by atomic mass is 35.5. The molecule has 1 amide bonds. The fourth-order valence-corrected chi connectivity index (χ4v) is 3.55. The number of benzene rings is 2. The Balaban J connectivity index is 1.72. The molecule has 0 saturated carbocycles. The molecule has 0 radical (unpaired) electrons. The summed E-state index contributed by atoms with van der Waals surface area (Å²) >= 11 is 6.02. The number of ether oxygens (including phenoxy) is 1. The molecule has 1 N–H and O–H groups in total. The number of amides is 1. The minimum absolute atomic E-state index is 0.258. The Labute approximate surface area is 185 Å². The van der Waals surface area contributed by atoms with Gasteiger partial charge in [0.05, 0.1) is 13.4 Å². The third-order valence-electron chi connectivity index (χ3n) is 5.07. The van der Waals surface area contributed by atoms with Crippen molar-refractivity contribution in [3.05, 3.63) is 83.2 Å². The number of fused-ring (bicyclic) bond motifs is 1. The molecular formula is C25H21ClN2O3. The van der Waals surface area contributed by atoms with E-state index in [1.807, 2.05) is 62.4 Å². The highest BCUT2D eigenvalue weighted by molar-refractivity contribution is 6.30. The number of nitrogens with zero attached hydrogens (tertiary/aromatic N) is 1. The van der Waals surface area contributed by atoms with Gasteiger partial charge >= 0.3 is 0 Å². The maximum Gasteiger partial charge on any atom is 0.249 e. The van der Waals surface area contributed by atoms with Crippen molar-refractivity contribution in [2.75, 3.05) is 12.4 Å². The average molecular weight is 433 g/mol. The number of rotatable bonds is 5. The lowest BCUT2D eigenvalue weighted by Crippen LogP contribution is -2.11. The van der Waals surface area contributed by atoms with E-state index in [9.17, 15) is 4.79 Å². The van der Waals surface area contributed by atoms with Gasteiger partial charge in [-0.15, -0.1) is 0 Å². The SMILES string of the molecule is COc1cc2occ(-c3ccc(Cl)cc3)c2cc1/C(C)=C/C(=O)Nc1ncccc1C. The lowest BCUT2D eigenvalue weighted by atomic mass is 9.99. The minimum Gasteiger partial charge on any atom is -0.496 e. The number of anilines is 1. The number of aryl methyl sites for hydroxylation is 1. The van der Waals surface area contributed by atoms with Gasteiger partial charge in [-0.05, 0) is 54.8 Å². The Morgan fingerprint density at radius 2 is 1.97 bits per heavy atom. The van der Waals surface area contributed by atoms with E-state index in [2.05, 4.69) is 10.3 Å². The second kappa shape index (κ2) is 8.66. The number of methoxy groups -OCH3 is 1. The summed E-state index contributed by atoms with van der Waals surface area (Å²) in [7, 11) is 1.60. The van der Waals surface area contributed by atoms with Gasteiger partial charge in [-0.2, -0.15) is 0 Å². The topological polar surface area (TPSA) is 64.4 Å². The molecule has 156 valence electrons. The van der Waals surface area contributed by atoms with Gasteiger partial charge in [0, 0.05) is 39.9 Å². The van der Waals surface area contributed by atoms with Crippen LogP contribution in [0.15, 0.2) is 71.5 Å². The van der Waals surface area contributed by atoms with Crippen LogP contribution in [-0.4, -0.2) is 18.0 Å². The van der Waals surface area contributed by atoms with Gasteiger partial charge in [-0.1, -0.05) is 29.8 Å². The summed E-state index contributed by atoms with van der Waals surface area (Å²) < 4.78 is 11.3. The molecule has 6 heteroatoms. The van der Waals surface area contributed by atoms with Gasteiger partial charge in [0.15, 0.2) is 0 Å². The molecule has 0 aliphatic heterocycles. The maximum absolute atomic E-state index is 12.6. The summed E-state index contributed by atoms with van der Waals surface area (Å²) in [6, 6.07) is 15.1. The molecule has 0 saturated heterocycles. The molecule has 0 fully saturated rings. The Morgan fingerprint density at radius 1 is 1.19 bits per heavy atom. The van der Waals surface area contributed by atoms with Gasteiger partial charge in [-0.25, -0.2) is 4.98 Å². The molecule has 31 heavy (non-hydrogen) atoms. The third kappa shape index (κ3) is 4.32. The summed E-state index contributed by atoms with van der Waals surface area (Å²) in [5.41, 5.74) is 5.09. The molecule has 0 aliphatic rings. The molecule has 4 aromatic rings. The summed E-state index contributed by atoms with van der Waals surface area (Å²) in [5.74, 6) is 0.908. The molecule has 0 unspecified atom stereocenters. The zero-order valence-corrected chi connectivity index (χ0v) is 18.2. The Kier molecular flexibility index (Phi) is 5.78. The Hall–Kier alpha value is -3.57. The van der Waals surface area contributed by atoms with E-state index < -0.39 is 0 Å². The summed E-state index contributed by atoms with van der Waals surface area (Å²) in [4.78, 5) is 16.8. The van der Waals surface area contributed by atoms with Crippen molar-refractivity contribution in [1.82, 2.24) is 4.98 Å². The van der Waals surface area contributed by atoms with Crippen molar-refractivity contribution in [2.24, 2.45) is 0 Å². The van der Waals surface area contributed by atoms with E-state index in [0.717, 1.165) is 33.2 Å². The van der Waals surface area contributed by atoms with Crippen LogP contribution >= 0.6 is 11.6 Å². The van der Waals surface area contributed by atoms with Crippen LogP contribution in [0.3, 0.4) is 0 Å². The number of hydrogen-bond donors (Lipinski definition) is 1. The molecule has 4 rings (SSSR count). The van der Waals surface area contributed by atoms with Gasteiger partial charge in [-0.3, -0.25) is 4.79 Å². The first-order valence-corrected chi connectivity index (χ1v) is 10.1. The van der Waals surface area contributed by atoms with Gasteiger partial charge in [0.25, 0.3) is 0 Å². The average Bonchev–Trinajstić information content (AvgIpc) is 3.17. The zero-order chi connectivity index (χ0) is 22.0. The maximum atomic E-state index is 12.6. The molecule has 0 aliphatic carbocycles. The Bertz CT molecular complexity index is 1290. The first-order valence-electron chi connectivity index (χ1n) is 9.72. The second-order valence-electron chi connectivity index (χ2n) is 7.19. The van der Waals surface area contributed by atoms with Crippen LogP contribution in [0.1, 0.15) is 18.1 Å². The van der Waals surface area contributed by atoms with E-state index in [0.29, 0.717) is 22.2 Å². The number of carbonyl (C=O) groups excluding carboxylic acids is 1. The number of hydrogen-bond acceptors (Lipinski definition) is 4. The van der Waals surface area contributed by atoms with Crippen molar-refractivity contribution < 1.29 is 13.9 Å². The number of carbonyl (C=O) groups is 1. The lowest BCUT2D eigenvalue weighted by molar-refractivity contribution is -0.111. The number of furan rings is 1. The van der Waals surface area contributed by atoms with Crippen LogP contribution < -0.4 is 10.1 Å². The summed E-state index contributed by atoms with van der Waals surface area (Å²) in [6.07, 6.45) is 4.90. The van der Waals surface area contributed by atoms with E-state index >= 15 is 0 Å². The predicted molar refractivity (Wildman–Crippen MR) is 124 cm³/mol. The predicted octanol–water partition coefficient (Wildman–Crippen LogP) is 6.51. The summed E-state index contributed by atoms with van der Waals surface area (Å²) in [5, 5.41) is 4.42. The fourth-order valence-electron chi connectivity index (χ4n) is 3.43.